The summed E-state index contributed by atoms with van der Waals surface area (Å²) in [5.74, 6) is -0.755. The molecule has 2 aromatic carbocycles. The molecule has 7 heteroatoms. The minimum absolute atomic E-state index is 0.0726. The highest BCUT2D eigenvalue weighted by molar-refractivity contribution is 7.80. The van der Waals surface area contributed by atoms with Crippen LogP contribution in [0.15, 0.2) is 48.5 Å². The molecule has 0 radical (unpaired) electrons. The molecule has 0 bridgehead atoms. The van der Waals surface area contributed by atoms with Gasteiger partial charge in [-0.1, -0.05) is 30.3 Å². The van der Waals surface area contributed by atoms with Gasteiger partial charge in [0.05, 0.1) is 11.4 Å². The van der Waals surface area contributed by atoms with Gasteiger partial charge >= 0.3 is 0 Å². The maximum absolute atomic E-state index is 12.6. The van der Waals surface area contributed by atoms with Gasteiger partial charge in [-0.25, -0.2) is 0 Å². The van der Waals surface area contributed by atoms with Crippen molar-refractivity contribution in [2.45, 2.75) is 13.8 Å². The highest BCUT2D eigenvalue weighted by Gasteiger charge is 2.13. The van der Waals surface area contributed by atoms with Crippen LogP contribution < -0.4 is 16.0 Å². The van der Waals surface area contributed by atoms with E-state index in [0.717, 1.165) is 0 Å². The smallest absolute Gasteiger partial charge is 0.222 e. The lowest BCUT2D eigenvalue weighted by atomic mass is 10.0. The first-order valence-electron chi connectivity index (χ1n) is 7.47. The van der Waals surface area contributed by atoms with Crippen molar-refractivity contribution in [3.05, 3.63) is 59.7 Å². The van der Waals surface area contributed by atoms with Crippen molar-refractivity contribution in [3.63, 3.8) is 0 Å². The van der Waals surface area contributed by atoms with E-state index in [1.54, 1.807) is 42.5 Å². The van der Waals surface area contributed by atoms with Crippen LogP contribution in [0.1, 0.15) is 29.8 Å². The normalized spacial score (nSPS) is 9.84. The molecule has 0 aliphatic carbocycles. The molecule has 0 fully saturated rings. The Labute approximate surface area is 150 Å². The van der Waals surface area contributed by atoms with E-state index in [2.05, 4.69) is 16.0 Å². The molecule has 0 spiro atoms. The van der Waals surface area contributed by atoms with Gasteiger partial charge in [-0.05, 0) is 30.4 Å². The maximum Gasteiger partial charge on any atom is 0.222 e. The van der Waals surface area contributed by atoms with Crippen molar-refractivity contribution < 1.29 is 14.4 Å². The Morgan fingerprint density at radius 2 is 1.48 bits per heavy atom. The molecule has 0 saturated carbocycles. The summed E-state index contributed by atoms with van der Waals surface area (Å²) in [5.41, 5.74) is 1.83. The molecular formula is C18H17N3O3S. The molecule has 0 unspecified atom stereocenters. The Morgan fingerprint density at radius 3 is 2.08 bits per heavy atom. The zero-order valence-electron chi connectivity index (χ0n) is 13.8. The third-order valence-corrected chi connectivity index (χ3v) is 3.37. The van der Waals surface area contributed by atoms with Crippen LogP contribution in [0.3, 0.4) is 0 Å². The summed E-state index contributed by atoms with van der Waals surface area (Å²) in [6, 6.07) is 13.6. The van der Waals surface area contributed by atoms with Crippen LogP contribution in [0, 0.1) is 0 Å². The zero-order chi connectivity index (χ0) is 18.4. The number of hydrogen-bond acceptors (Lipinski definition) is 4. The third kappa shape index (κ3) is 5.22. The third-order valence-electron chi connectivity index (χ3n) is 3.17. The summed E-state index contributed by atoms with van der Waals surface area (Å²) in [6.07, 6.45) is 0. The van der Waals surface area contributed by atoms with Crippen LogP contribution in [0.5, 0.6) is 0 Å². The number of thiocarbonyl (C=S) groups is 1. The van der Waals surface area contributed by atoms with Gasteiger partial charge in [0, 0.05) is 25.0 Å². The summed E-state index contributed by atoms with van der Waals surface area (Å²) in [7, 11) is 0. The summed E-state index contributed by atoms with van der Waals surface area (Å²) < 4.78 is 0. The lowest BCUT2D eigenvalue weighted by Gasteiger charge is -2.14. The quantitative estimate of drug-likeness (QED) is 0.580. The van der Waals surface area contributed by atoms with Gasteiger partial charge in [-0.2, -0.15) is 0 Å². The first kappa shape index (κ1) is 18.3. The largest absolute Gasteiger partial charge is 0.331 e. The Bertz CT molecular complexity index is 835. The first-order chi connectivity index (χ1) is 11.9. The van der Waals surface area contributed by atoms with Gasteiger partial charge in [-0.3, -0.25) is 14.4 Å². The first-order valence-corrected chi connectivity index (χ1v) is 7.87. The lowest BCUT2D eigenvalue weighted by Crippen LogP contribution is -2.32. The number of rotatable bonds is 4. The van der Waals surface area contributed by atoms with E-state index < -0.39 is 0 Å². The van der Waals surface area contributed by atoms with E-state index in [9.17, 15) is 14.4 Å². The fourth-order valence-electron chi connectivity index (χ4n) is 2.16. The highest BCUT2D eigenvalue weighted by atomic mass is 32.1. The lowest BCUT2D eigenvalue weighted by molar-refractivity contribution is -0.117. The minimum atomic E-state index is -0.324. The van der Waals surface area contributed by atoms with Crippen molar-refractivity contribution in [2.75, 3.05) is 10.6 Å². The molecule has 0 heterocycles. The molecule has 2 rings (SSSR count). The van der Waals surface area contributed by atoms with Crippen LogP contribution in [0.4, 0.5) is 11.4 Å². The van der Waals surface area contributed by atoms with E-state index in [-0.39, 0.29) is 22.7 Å². The molecule has 2 amide bonds. The number of amides is 2. The monoisotopic (exact) mass is 355 g/mol. The predicted octanol–water partition coefficient (Wildman–Crippen LogP) is 2.71. The second kappa shape index (κ2) is 8.16. The molecule has 3 N–H and O–H groups in total. The molecule has 0 aromatic heterocycles. The molecular weight excluding hydrogens is 338 g/mol. The van der Waals surface area contributed by atoms with Crippen LogP contribution in [-0.4, -0.2) is 22.7 Å². The Hall–Kier alpha value is -3.06. The van der Waals surface area contributed by atoms with Crippen molar-refractivity contribution in [3.8, 4) is 0 Å². The molecule has 25 heavy (non-hydrogen) atoms. The van der Waals surface area contributed by atoms with Crippen molar-refractivity contribution in [1.29, 1.82) is 0 Å². The Balaban J connectivity index is 2.35. The fraction of sp³-hybridized carbons (Fsp3) is 0.111. The average Bonchev–Trinajstić information content (AvgIpc) is 2.55. The molecule has 6 nitrogen and oxygen atoms in total. The molecule has 0 aliphatic rings. The van der Waals surface area contributed by atoms with Gasteiger partial charge in [0.1, 0.15) is 0 Å². The standard InChI is InChI=1S/C18H17N3O3S/c1-11(22)19-15-9-8-14(17(24)13-6-4-3-5-7-13)10-16(15)21-18(25)20-12(2)23/h3-10H,1-2H3,(H,19,22)(H2,20,21,23,25). The van der Waals surface area contributed by atoms with E-state index >= 15 is 0 Å². The number of carbonyl (C=O) groups excluding carboxylic acids is 3. The maximum atomic E-state index is 12.6. The second-order valence-electron chi connectivity index (χ2n) is 5.27. The van der Waals surface area contributed by atoms with E-state index in [1.807, 2.05) is 6.07 Å². The van der Waals surface area contributed by atoms with Crippen molar-refractivity contribution in [1.82, 2.24) is 5.32 Å². The molecule has 128 valence electrons. The average molecular weight is 355 g/mol. The summed E-state index contributed by atoms with van der Waals surface area (Å²) in [6.45, 7) is 2.71. The number of nitrogens with one attached hydrogen (secondary N) is 3. The van der Waals surface area contributed by atoms with Crippen LogP contribution in [0.2, 0.25) is 0 Å². The van der Waals surface area contributed by atoms with Crippen LogP contribution in [0.25, 0.3) is 0 Å². The van der Waals surface area contributed by atoms with Gasteiger partial charge in [-0.15, -0.1) is 0 Å². The minimum Gasteiger partial charge on any atom is -0.331 e. The number of carbonyl (C=O) groups is 3. The number of anilines is 2. The number of benzene rings is 2. The summed E-state index contributed by atoms with van der Waals surface area (Å²) in [4.78, 5) is 35.0. The Morgan fingerprint density at radius 1 is 0.800 bits per heavy atom. The molecule has 0 atom stereocenters. The van der Waals surface area contributed by atoms with Crippen molar-refractivity contribution in [2.24, 2.45) is 0 Å². The summed E-state index contributed by atoms with van der Waals surface area (Å²) >= 11 is 5.05. The highest BCUT2D eigenvalue weighted by Crippen LogP contribution is 2.25. The van der Waals surface area contributed by atoms with Gasteiger partial charge < -0.3 is 16.0 Å². The van der Waals surface area contributed by atoms with Crippen LogP contribution >= 0.6 is 12.2 Å². The van der Waals surface area contributed by atoms with Gasteiger partial charge in [0.15, 0.2) is 10.9 Å². The molecule has 2 aromatic rings. The van der Waals surface area contributed by atoms with E-state index in [1.165, 1.54) is 13.8 Å². The molecule has 0 aliphatic heterocycles. The number of ketones is 1. The van der Waals surface area contributed by atoms with E-state index in [0.29, 0.717) is 22.5 Å². The molecule has 0 saturated heterocycles. The van der Waals surface area contributed by atoms with Crippen LogP contribution in [-0.2, 0) is 9.59 Å². The number of hydrogen-bond donors (Lipinski definition) is 3. The fourth-order valence-corrected chi connectivity index (χ4v) is 2.41. The van der Waals surface area contributed by atoms with Gasteiger partial charge in [0.2, 0.25) is 11.8 Å². The predicted molar refractivity (Wildman–Crippen MR) is 101 cm³/mol. The van der Waals surface area contributed by atoms with Gasteiger partial charge in [0.25, 0.3) is 0 Å². The Kier molecular flexibility index (Phi) is 5.97. The SMILES string of the molecule is CC(=O)NC(=S)Nc1cc(C(=O)c2ccccc2)ccc1NC(C)=O. The summed E-state index contributed by atoms with van der Waals surface area (Å²) in [5, 5.41) is 7.99. The second-order valence-corrected chi connectivity index (χ2v) is 5.68. The zero-order valence-corrected chi connectivity index (χ0v) is 14.6. The topological polar surface area (TPSA) is 87.3 Å². The van der Waals surface area contributed by atoms with E-state index in [4.69, 9.17) is 12.2 Å². The van der Waals surface area contributed by atoms with Crippen molar-refractivity contribution >= 4 is 46.3 Å².